The second-order valence-electron chi connectivity index (χ2n) is 7.60. The Morgan fingerprint density at radius 1 is 0.931 bits per heavy atom. The van der Waals surface area contributed by atoms with Gasteiger partial charge < -0.3 is 10.2 Å². The Balaban J connectivity index is 1.38. The fourth-order valence-electron chi connectivity index (χ4n) is 3.95. The van der Waals surface area contributed by atoms with Crippen LogP contribution >= 0.6 is 0 Å². The molecule has 4 rings (SSSR count). The highest BCUT2D eigenvalue weighted by Gasteiger charge is 2.35. The van der Waals surface area contributed by atoms with E-state index in [2.05, 4.69) is 10.2 Å². The summed E-state index contributed by atoms with van der Waals surface area (Å²) in [5, 5.41) is 2.92. The van der Waals surface area contributed by atoms with E-state index in [1.807, 2.05) is 30.3 Å². The molecular weight excluding hydrogens is 366 g/mol. The fraction of sp³-hybridized carbons (Fsp3) is 0.348. The molecule has 0 atom stereocenters. The third-order valence-electron chi connectivity index (χ3n) is 5.55. The second kappa shape index (κ2) is 8.57. The highest BCUT2D eigenvalue weighted by molar-refractivity contribution is 6.22. The number of hydrogen-bond donors (Lipinski definition) is 1. The largest absolute Gasteiger partial charge is 0.352 e. The van der Waals surface area contributed by atoms with E-state index in [1.165, 1.54) is 23.8 Å². The molecule has 2 heterocycles. The molecule has 2 aliphatic rings. The lowest BCUT2D eigenvalue weighted by molar-refractivity contribution is 0.0642. The molecule has 1 fully saturated rings. The minimum Gasteiger partial charge on any atom is -0.352 e. The summed E-state index contributed by atoms with van der Waals surface area (Å²) in [6, 6.07) is 14.1. The topological polar surface area (TPSA) is 69.7 Å². The second-order valence-corrected chi connectivity index (χ2v) is 7.60. The first-order valence-corrected chi connectivity index (χ1v) is 10.2. The van der Waals surface area contributed by atoms with Gasteiger partial charge in [-0.25, -0.2) is 0 Å². The smallest absolute Gasteiger partial charge is 0.261 e. The maximum absolute atomic E-state index is 12.8. The first-order chi connectivity index (χ1) is 14.1. The molecule has 150 valence electrons. The van der Waals surface area contributed by atoms with E-state index in [1.54, 1.807) is 12.1 Å². The lowest BCUT2D eigenvalue weighted by Crippen LogP contribution is -2.29. The summed E-state index contributed by atoms with van der Waals surface area (Å²) in [5.74, 6) is -0.875. The molecule has 0 aliphatic carbocycles. The van der Waals surface area contributed by atoms with Crippen LogP contribution in [0, 0.1) is 0 Å². The van der Waals surface area contributed by atoms with Crippen molar-refractivity contribution in [2.75, 3.05) is 26.2 Å². The molecule has 0 spiro atoms. The van der Waals surface area contributed by atoms with Gasteiger partial charge in [-0.15, -0.1) is 0 Å². The van der Waals surface area contributed by atoms with Gasteiger partial charge in [0.15, 0.2) is 0 Å². The van der Waals surface area contributed by atoms with Crippen LogP contribution in [-0.2, 0) is 6.54 Å². The predicted molar refractivity (Wildman–Crippen MR) is 110 cm³/mol. The van der Waals surface area contributed by atoms with Gasteiger partial charge in [-0.2, -0.15) is 0 Å². The predicted octanol–water partition coefficient (Wildman–Crippen LogP) is 2.70. The molecule has 2 aliphatic heterocycles. The summed E-state index contributed by atoms with van der Waals surface area (Å²) < 4.78 is 0. The molecule has 2 aromatic carbocycles. The average molecular weight is 391 g/mol. The van der Waals surface area contributed by atoms with Crippen molar-refractivity contribution in [3.05, 3.63) is 70.8 Å². The van der Waals surface area contributed by atoms with Gasteiger partial charge in [0.25, 0.3) is 17.7 Å². The zero-order valence-electron chi connectivity index (χ0n) is 16.4. The molecule has 1 N–H and O–H groups in total. The van der Waals surface area contributed by atoms with Crippen molar-refractivity contribution in [2.45, 2.75) is 25.8 Å². The van der Waals surface area contributed by atoms with E-state index in [0.29, 0.717) is 23.2 Å². The Hall–Kier alpha value is -2.99. The summed E-state index contributed by atoms with van der Waals surface area (Å²) in [4.78, 5) is 41.5. The number of fused-ring (bicyclic) bond motifs is 1. The van der Waals surface area contributed by atoms with Crippen molar-refractivity contribution in [2.24, 2.45) is 0 Å². The Morgan fingerprint density at radius 3 is 2.41 bits per heavy atom. The van der Waals surface area contributed by atoms with Crippen LogP contribution in [0.15, 0.2) is 48.5 Å². The molecule has 0 unspecified atom stereocenters. The van der Waals surface area contributed by atoms with Crippen molar-refractivity contribution in [1.82, 2.24) is 15.1 Å². The van der Waals surface area contributed by atoms with Gasteiger partial charge in [0.1, 0.15) is 0 Å². The summed E-state index contributed by atoms with van der Waals surface area (Å²) in [6.45, 7) is 4.11. The third kappa shape index (κ3) is 4.22. The molecule has 6 nitrogen and oxygen atoms in total. The number of carbonyl (C=O) groups excluding carboxylic acids is 3. The maximum atomic E-state index is 12.8. The van der Waals surface area contributed by atoms with Crippen molar-refractivity contribution >= 4 is 17.7 Å². The van der Waals surface area contributed by atoms with Crippen molar-refractivity contribution in [3.8, 4) is 0 Å². The monoisotopic (exact) mass is 391 g/mol. The Bertz CT molecular complexity index is 920. The molecule has 3 amide bonds. The van der Waals surface area contributed by atoms with Crippen molar-refractivity contribution < 1.29 is 14.4 Å². The molecule has 0 radical (unpaired) electrons. The van der Waals surface area contributed by atoms with Gasteiger partial charge in [0.05, 0.1) is 17.7 Å². The van der Waals surface area contributed by atoms with Crippen molar-refractivity contribution in [1.29, 1.82) is 0 Å². The van der Waals surface area contributed by atoms with E-state index in [9.17, 15) is 14.4 Å². The number of rotatable bonds is 7. The maximum Gasteiger partial charge on any atom is 0.261 e. The first kappa shape index (κ1) is 19.3. The molecule has 1 saturated heterocycles. The number of likely N-dealkylation sites (tertiary alicyclic amines) is 1. The Kier molecular flexibility index (Phi) is 5.71. The normalized spacial score (nSPS) is 16.3. The van der Waals surface area contributed by atoms with E-state index in [0.717, 1.165) is 31.6 Å². The number of benzene rings is 2. The van der Waals surface area contributed by atoms with Crippen LogP contribution in [0.4, 0.5) is 0 Å². The molecule has 0 saturated carbocycles. The van der Waals surface area contributed by atoms with Gasteiger partial charge >= 0.3 is 0 Å². The lowest BCUT2D eigenvalue weighted by atomic mass is 10.1. The minimum absolute atomic E-state index is 0.212. The number of carbonyl (C=O) groups is 3. The molecular formula is C23H25N3O3. The summed E-state index contributed by atoms with van der Waals surface area (Å²) in [7, 11) is 0. The van der Waals surface area contributed by atoms with E-state index in [-0.39, 0.29) is 24.3 Å². The van der Waals surface area contributed by atoms with E-state index >= 15 is 0 Å². The molecule has 6 heteroatoms. The van der Waals surface area contributed by atoms with Crippen LogP contribution < -0.4 is 5.32 Å². The quantitative estimate of drug-likeness (QED) is 0.582. The van der Waals surface area contributed by atoms with Gasteiger partial charge in [0, 0.05) is 12.1 Å². The van der Waals surface area contributed by atoms with Crippen LogP contribution in [0.3, 0.4) is 0 Å². The summed E-state index contributed by atoms with van der Waals surface area (Å²) in [5.41, 5.74) is 1.96. The standard InChI is InChI=1S/C23H25N3O3/c27-21(24-11-6-14-25-12-4-5-13-25)18-9-10-19-20(15-18)23(29)26(22(19)28)16-17-7-2-1-3-8-17/h1-3,7-10,15H,4-6,11-14,16H2,(H,24,27). The van der Waals surface area contributed by atoms with Gasteiger partial charge in [-0.1, -0.05) is 30.3 Å². The van der Waals surface area contributed by atoms with E-state index in [4.69, 9.17) is 0 Å². The molecule has 29 heavy (non-hydrogen) atoms. The van der Waals surface area contributed by atoms with Crippen LogP contribution in [-0.4, -0.2) is 53.7 Å². The number of imide groups is 1. The molecule has 2 aromatic rings. The van der Waals surface area contributed by atoms with Gasteiger partial charge in [-0.3, -0.25) is 19.3 Å². The van der Waals surface area contributed by atoms with Crippen molar-refractivity contribution in [3.63, 3.8) is 0 Å². The van der Waals surface area contributed by atoms with Crippen LogP contribution in [0.5, 0.6) is 0 Å². The highest BCUT2D eigenvalue weighted by atomic mass is 16.2. The van der Waals surface area contributed by atoms with Crippen LogP contribution in [0.2, 0.25) is 0 Å². The SMILES string of the molecule is O=C(NCCCN1CCCC1)c1ccc2c(c1)C(=O)N(Cc1ccccc1)C2=O. The van der Waals surface area contributed by atoms with Gasteiger partial charge in [0.2, 0.25) is 0 Å². The summed E-state index contributed by atoms with van der Waals surface area (Å²) >= 11 is 0. The zero-order valence-corrected chi connectivity index (χ0v) is 16.4. The van der Waals surface area contributed by atoms with Crippen LogP contribution in [0.25, 0.3) is 0 Å². The highest BCUT2D eigenvalue weighted by Crippen LogP contribution is 2.25. The number of nitrogens with one attached hydrogen (secondary N) is 1. The average Bonchev–Trinajstić information content (AvgIpc) is 3.35. The Labute approximate surface area is 170 Å². The number of nitrogens with zero attached hydrogens (tertiary/aromatic N) is 2. The zero-order chi connectivity index (χ0) is 20.2. The summed E-state index contributed by atoms with van der Waals surface area (Å²) in [6.07, 6.45) is 3.42. The first-order valence-electron chi connectivity index (χ1n) is 10.2. The van der Waals surface area contributed by atoms with Gasteiger partial charge in [-0.05, 0) is 62.7 Å². The fourth-order valence-corrected chi connectivity index (χ4v) is 3.95. The lowest BCUT2D eigenvalue weighted by Gasteiger charge is -2.14. The third-order valence-corrected chi connectivity index (χ3v) is 5.55. The minimum atomic E-state index is -0.350. The number of amides is 3. The number of hydrogen-bond acceptors (Lipinski definition) is 4. The molecule has 0 aromatic heterocycles. The van der Waals surface area contributed by atoms with E-state index < -0.39 is 0 Å². The molecule has 0 bridgehead atoms. The Morgan fingerprint density at radius 2 is 1.66 bits per heavy atom. The van der Waals surface area contributed by atoms with Crippen LogP contribution in [0.1, 0.15) is 55.9 Å².